The summed E-state index contributed by atoms with van der Waals surface area (Å²) in [6, 6.07) is 7.36. The number of nitrogens with two attached hydrogens (primary N) is 1. The third-order valence-electron chi connectivity index (χ3n) is 2.63. The van der Waals surface area contributed by atoms with Crippen LogP contribution in [-0.2, 0) is 16.9 Å². The molecule has 1 aromatic heterocycles. The lowest BCUT2D eigenvalue weighted by Crippen LogP contribution is -2.29. The molecule has 0 fully saturated rings. The van der Waals surface area contributed by atoms with Crippen LogP contribution in [0.1, 0.15) is 19.5 Å². The van der Waals surface area contributed by atoms with Crippen LogP contribution in [-0.4, -0.2) is 20.9 Å². The molecule has 1 aromatic carbocycles. The van der Waals surface area contributed by atoms with Crippen molar-refractivity contribution in [1.82, 2.24) is 15.0 Å². The van der Waals surface area contributed by atoms with Crippen LogP contribution in [0, 0.1) is 0 Å². The maximum absolute atomic E-state index is 11.9. The number of aromatic nitrogens is 3. The minimum Gasteiger partial charge on any atom is -0.324 e. The van der Waals surface area contributed by atoms with Crippen molar-refractivity contribution >= 4 is 27.5 Å². The third-order valence-corrected chi connectivity index (χ3v) is 3.16. The van der Waals surface area contributed by atoms with E-state index in [0.717, 1.165) is 10.2 Å². The highest BCUT2D eigenvalue weighted by Gasteiger charge is 2.18. The number of nitrogens with one attached hydrogen (secondary N) is 1. The molecule has 7 heteroatoms. The molecule has 3 N–H and O–H groups in total. The van der Waals surface area contributed by atoms with Crippen molar-refractivity contribution in [2.45, 2.75) is 25.9 Å². The van der Waals surface area contributed by atoms with Crippen molar-refractivity contribution in [1.29, 1.82) is 0 Å². The van der Waals surface area contributed by atoms with E-state index >= 15 is 0 Å². The second-order valence-corrected chi connectivity index (χ2v) is 5.99. The SMILES string of the molecule is CC(C)(N)c1cn(CC(=O)Nc2ccc(Br)cc2)nn1. The third kappa shape index (κ3) is 3.88. The van der Waals surface area contributed by atoms with Crippen LogP contribution >= 0.6 is 15.9 Å². The Morgan fingerprint density at radius 2 is 2.05 bits per heavy atom. The number of amides is 1. The Kier molecular flexibility index (Phi) is 4.20. The number of halogens is 1. The summed E-state index contributed by atoms with van der Waals surface area (Å²) in [5.41, 5.74) is 6.73. The molecule has 6 nitrogen and oxygen atoms in total. The standard InChI is InChI=1S/C13H16BrN5O/c1-13(2,15)11-7-19(18-17-11)8-12(20)16-10-5-3-9(14)4-6-10/h3-7H,8,15H2,1-2H3,(H,16,20). The molecule has 1 heterocycles. The van der Waals surface area contributed by atoms with Crippen molar-refractivity contribution < 1.29 is 4.79 Å². The molecule has 1 amide bonds. The van der Waals surface area contributed by atoms with Gasteiger partial charge in [-0.05, 0) is 38.1 Å². The molecular formula is C13H16BrN5O. The lowest BCUT2D eigenvalue weighted by Gasteiger charge is -2.13. The Hall–Kier alpha value is -1.73. The van der Waals surface area contributed by atoms with E-state index in [4.69, 9.17) is 5.73 Å². The van der Waals surface area contributed by atoms with Crippen LogP contribution < -0.4 is 11.1 Å². The molecular weight excluding hydrogens is 322 g/mol. The molecule has 0 bridgehead atoms. The van der Waals surface area contributed by atoms with Gasteiger partial charge in [0, 0.05) is 10.2 Å². The number of hydrogen-bond donors (Lipinski definition) is 2. The summed E-state index contributed by atoms with van der Waals surface area (Å²) in [5.74, 6) is -0.168. The number of rotatable bonds is 4. The lowest BCUT2D eigenvalue weighted by atomic mass is 10.0. The first kappa shape index (κ1) is 14.7. The minimum absolute atomic E-state index is 0.0964. The highest BCUT2D eigenvalue weighted by molar-refractivity contribution is 9.10. The Morgan fingerprint density at radius 1 is 1.40 bits per heavy atom. The smallest absolute Gasteiger partial charge is 0.246 e. The van der Waals surface area contributed by atoms with Gasteiger partial charge in [0.2, 0.25) is 5.91 Å². The highest BCUT2D eigenvalue weighted by atomic mass is 79.9. The summed E-state index contributed by atoms with van der Waals surface area (Å²) in [6.45, 7) is 3.77. The lowest BCUT2D eigenvalue weighted by molar-refractivity contribution is -0.116. The molecule has 0 radical (unpaired) electrons. The zero-order chi connectivity index (χ0) is 14.8. The first-order valence-electron chi connectivity index (χ1n) is 6.09. The average molecular weight is 338 g/mol. The Bertz CT molecular complexity index is 600. The van der Waals surface area contributed by atoms with Crippen molar-refractivity contribution in [2.24, 2.45) is 5.73 Å². The predicted octanol–water partition coefficient (Wildman–Crippen LogP) is 1.87. The van der Waals surface area contributed by atoms with Gasteiger partial charge in [-0.15, -0.1) is 5.10 Å². The Labute approximate surface area is 125 Å². The van der Waals surface area contributed by atoms with Gasteiger partial charge in [0.15, 0.2) is 0 Å². The van der Waals surface area contributed by atoms with E-state index in [1.54, 1.807) is 6.20 Å². The number of hydrogen-bond acceptors (Lipinski definition) is 4. The molecule has 0 saturated heterocycles. The summed E-state index contributed by atoms with van der Waals surface area (Å²) in [7, 11) is 0. The quantitative estimate of drug-likeness (QED) is 0.891. The number of benzene rings is 1. The van der Waals surface area contributed by atoms with E-state index in [1.807, 2.05) is 38.1 Å². The maximum Gasteiger partial charge on any atom is 0.246 e. The van der Waals surface area contributed by atoms with Gasteiger partial charge >= 0.3 is 0 Å². The summed E-state index contributed by atoms with van der Waals surface area (Å²) in [5, 5.41) is 10.6. The van der Waals surface area contributed by atoms with Crippen molar-refractivity contribution in [3.63, 3.8) is 0 Å². The molecule has 0 aliphatic rings. The van der Waals surface area contributed by atoms with Gasteiger partial charge in [0.1, 0.15) is 12.2 Å². The van der Waals surface area contributed by atoms with Gasteiger partial charge in [-0.2, -0.15) is 0 Å². The van der Waals surface area contributed by atoms with Crippen molar-refractivity contribution in [3.05, 3.63) is 40.6 Å². The van der Waals surface area contributed by atoms with Gasteiger partial charge in [0.25, 0.3) is 0 Å². The van der Waals surface area contributed by atoms with E-state index in [0.29, 0.717) is 5.69 Å². The molecule has 2 aromatic rings. The molecule has 0 saturated carbocycles. The van der Waals surface area contributed by atoms with Crippen LogP contribution in [0.4, 0.5) is 5.69 Å². The summed E-state index contributed by atoms with van der Waals surface area (Å²) in [4.78, 5) is 11.9. The fraction of sp³-hybridized carbons (Fsp3) is 0.308. The van der Waals surface area contributed by atoms with E-state index in [-0.39, 0.29) is 12.5 Å². The molecule has 0 aliphatic heterocycles. The normalized spacial score (nSPS) is 11.4. The van der Waals surface area contributed by atoms with Gasteiger partial charge in [-0.1, -0.05) is 21.1 Å². The van der Waals surface area contributed by atoms with E-state index in [1.165, 1.54) is 4.68 Å². The molecule has 0 spiro atoms. The summed E-state index contributed by atoms with van der Waals surface area (Å²) >= 11 is 3.34. The average Bonchev–Trinajstić information content (AvgIpc) is 2.80. The van der Waals surface area contributed by atoms with Gasteiger partial charge in [-0.3, -0.25) is 4.79 Å². The van der Waals surface area contributed by atoms with E-state index in [9.17, 15) is 4.79 Å². The van der Waals surface area contributed by atoms with Crippen LogP contribution in [0.15, 0.2) is 34.9 Å². The topological polar surface area (TPSA) is 85.8 Å². The molecule has 0 unspecified atom stereocenters. The summed E-state index contributed by atoms with van der Waals surface area (Å²) in [6.07, 6.45) is 1.68. The van der Waals surface area contributed by atoms with Crippen LogP contribution in [0.2, 0.25) is 0 Å². The van der Waals surface area contributed by atoms with E-state index in [2.05, 4.69) is 31.6 Å². The number of anilines is 1. The first-order valence-corrected chi connectivity index (χ1v) is 6.89. The monoisotopic (exact) mass is 337 g/mol. The first-order chi connectivity index (χ1) is 9.34. The Morgan fingerprint density at radius 3 is 2.60 bits per heavy atom. The minimum atomic E-state index is -0.569. The second-order valence-electron chi connectivity index (χ2n) is 5.08. The fourth-order valence-electron chi connectivity index (χ4n) is 1.55. The van der Waals surface area contributed by atoms with Gasteiger partial charge in [0.05, 0.1) is 11.7 Å². The largest absolute Gasteiger partial charge is 0.324 e. The van der Waals surface area contributed by atoms with Crippen LogP contribution in [0.5, 0.6) is 0 Å². The molecule has 0 aliphatic carbocycles. The summed E-state index contributed by atoms with van der Waals surface area (Å²) < 4.78 is 2.43. The second kappa shape index (κ2) is 5.72. The van der Waals surface area contributed by atoms with E-state index < -0.39 is 5.54 Å². The maximum atomic E-state index is 11.9. The molecule has 20 heavy (non-hydrogen) atoms. The predicted molar refractivity (Wildman–Crippen MR) is 80.0 cm³/mol. The van der Waals surface area contributed by atoms with Crippen LogP contribution in [0.3, 0.4) is 0 Å². The molecule has 2 rings (SSSR count). The number of nitrogens with zero attached hydrogens (tertiary/aromatic N) is 3. The Balaban J connectivity index is 1.98. The number of carbonyl (C=O) groups is 1. The zero-order valence-corrected chi connectivity index (χ0v) is 12.9. The number of carbonyl (C=O) groups excluding carboxylic acids is 1. The highest BCUT2D eigenvalue weighted by Crippen LogP contribution is 2.14. The van der Waals surface area contributed by atoms with Gasteiger partial charge in [-0.25, -0.2) is 4.68 Å². The van der Waals surface area contributed by atoms with Gasteiger partial charge < -0.3 is 11.1 Å². The molecule has 106 valence electrons. The van der Waals surface area contributed by atoms with Crippen molar-refractivity contribution in [3.8, 4) is 0 Å². The van der Waals surface area contributed by atoms with Crippen LogP contribution in [0.25, 0.3) is 0 Å². The molecule has 0 atom stereocenters. The van der Waals surface area contributed by atoms with Crippen molar-refractivity contribution in [2.75, 3.05) is 5.32 Å². The zero-order valence-electron chi connectivity index (χ0n) is 11.3. The fourth-order valence-corrected chi connectivity index (χ4v) is 1.82.